The number of nitrogens with zero attached hydrogens (tertiary/aromatic N) is 2. The standard InChI is InChI=1S/C16H12Br2N2O3/c1-9(21)20-16(13-8-12(18)5-6-14(13)22)23-15(19-20)10-3-2-4-11(17)7-10/h2-8,16,22H,1H3/t16-/m0/s1. The lowest BCUT2D eigenvalue weighted by Crippen LogP contribution is -2.25. The molecule has 0 aromatic heterocycles. The first-order chi connectivity index (χ1) is 11.0. The van der Waals surface area contributed by atoms with Gasteiger partial charge < -0.3 is 9.84 Å². The van der Waals surface area contributed by atoms with Gasteiger partial charge in [-0.3, -0.25) is 4.79 Å². The number of ether oxygens (including phenoxy) is 1. The van der Waals surface area contributed by atoms with Gasteiger partial charge >= 0.3 is 0 Å². The molecule has 7 heteroatoms. The number of benzene rings is 2. The number of rotatable bonds is 2. The number of hydrazone groups is 1. The predicted octanol–water partition coefficient (Wildman–Crippen LogP) is 4.16. The van der Waals surface area contributed by atoms with E-state index in [-0.39, 0.29) is 11.7 Å². The molecule has 1 atom stereocenters. The minimum absolute atomic E-state index is 0.0372. The summed E-state index contributed by atoms with van der Waals surface area (Å²) in [5.41, 5.74) is 1.20. The molecule has 3 rings (SSSR count). The molecule has 23 heavy (non-hydrogen) atoms. The molecule has 1 aliphatic heterocycles. The Morgan fingerprint density at radius 3 is 2.65 bits per heavy atom. The average Bonchev–Trinajstić information content (AvgIpc) is 2.95. The summed E-state index contributed by atoms with van der Waals surface area (Å²) >= 11 is 6.75. The molecule has 0 unspecified atom stereocenters. The molecule has 1 amide bonds. The van der Waals surface area contributed by atoms with Crippen molar-refractivity contribution in [2.24, 2.45) is 5.10 Å². The Morgan fingerprint density at radius 2 is 1.96 bits per heavy atom. The van der Waals surface area contributed by atoms with Gasteiger partial charge in [-0.1, -0.05) is 37.9 Å². The lowest BCUT2D eigenvalue weighted by Gasteiger charge is -2.20. The highest BCUT2D eigenvalue weighted by Crippen LogP contribution is 2.36. The van der Waals surface area contributed by atoms with Gasteiger partial charge in [0, 0.05) is 21.4 Å². The zero-order valence-corrected chi connectivity index (χ0v) is 15.2. The number of phenolic OH excluding ortho intramolecular Hbond substituents is 1. The van der Waals surface area contributed by atoms with Crippen molar-refractivity contribution in [3.8, 4) is 5.75 Å². The molecule has 118 valence electrons. The van der Waals surface area contributed by atoms with Crippen LogP contribution in [0.15, 0.2) is 56.5 Å². The van der Waals surface area contributed by atoms with Crippen LogP contribution in [0.25, 0.3) is 0 Å². The minimum Gasteiger partial charge on any atom is -0.507 e. The van der Waals surface area contributed by atoms with E-state index in [4.69, 9.17) is 4.74 Å². The largest absolute Gasteiger partial charge is 0.507 e. The maximum Gasteiger partial charge on any atom is 0.243 e. The van der Waals surface area contributed by atoms with Gasteiger partial charge in [-0.25, -0.2) is 0 Å². The van der Waals surface area contributed by atoms with Gasteiger partial charge in [0.1, 0.15) is 5.75 Å². The molecule has 1 heterocycles. The normalized spacial score (nSPS) is 16.9. The van der Waals surface area contributed by atoms with Crippen LogP contribution in [0.1, 0.15) is 24.3 Å². The van der Waals surface area contributed by atoms with Crippen LogP contribution in [-0.4, -0.2) is 21.9 Å². The first-order valence-electron chi connectivity index (χ1n) is 6.75. The van der Waals surface area contributed by atoms with Crippen molar-refractivity contribution in [2.45, 2.75) is 13.2 Å². The van der Waals surface area contributed by atoms with E-state index in [1.807, 2.05) is 24.3 Å². The third kappa shape index (κ3) is 3.25. The minimum atomic E-state index is -0.806. The van der Waals surface area contributed by atoms with Gasteiger partial charge in [-0.15, -0.1) is 5.10 Å². The van der Waals surface area contributed by atoms with Crippen molar-refractivity contribution in [1.29, 1.82) is 0 Å². The van der Waals surface area contributed by atoms with E-state index in [1.54, 1.807) is 12.1 Å². The van der Waals surface area contributed by atoms with Crippen molar-refractivity contribution < 1.29 is 14.6 Å². The van der Waals surface area contributed by atoms with Crippen molar-refractivity contribution in [2.75, 3.05) is 0 Å². The zero-order chi connectivity index (χ0) is 16.6. The van der Waals surface area contributed by atoms with Gasteiger partial charge in [-0.05, 0) is 36.4 Å². The van der Waals surface area contributed by atoms with E-state index >= 15 is 0 Å². The fraction of sp³-hybridized carbons (Fsp3) is 0.125. The van der Waals surface area contributed by atoms with E-state index in [1.165, 1.54) is 18.0 Å². The Kier molecular flexibility index (Phi) is 4.41. The molecule has 0 spiro atoms. The molecule has 5 nitrogen and oxygen atoms in total. The maximum absolute atomic E-state index is 11.9. The number of carbonyl (C=O) groups is 1. The van der Waals surface area contributed by atoms with Gasteiger partial charge in [0.05, 0.1) is 5.56 Å². The average molecular weight is 440 g/mol. The van der Waals surface area contributed by atoms with Crippen LogP contribution in [0.4, 0.5) is 0 Å². The van der Waals surface area contributed by atoms with E-state index in [9.17, 15) is 9.90 Å². The Labute approximate surface area is 149 Å². The molecule has 0 aliphatic carbocycles. The fourth-order valence-electron chi connectivity index (χ4n) is 2.23. The van der Waals surface area contributed by atoms with Gasteiger partial charge in [0.15, 0.2) is 0 Å². The van der Waals surface area contributed by atoms with Crippen LogP contribution in [0, 0.1) is 0 Å². The van der Waals surface area contributed by atoms with E-state index in [0.29, 0.717) is 11.5 Å². The van der Waals surface area contributed by atoms with Gasteiger partial charge in [0.25, 0.3) is 0 Å². The lowest BCUT2D eigenvalue weighted by atomic mass is 10.1. The van der Waals surface area contributed by atoms with Crippen molar-refractivity contribution >= 4 is 43.7 Å². The molecule has 0 saturated heterocycles. The summed E-state index contributed by atoms with van der Waals surface area (Å²) in [6.07, 6.45) is -0.806. The number of hydrogen-bond acceptors (Lipinski definition) is 4. The summed E-state index contributed by atoms with van der Waals surface area (Å²) in [7, 11) is 0. The molecule has 2 aromatic rings. The van der Waals surface area contributed by atoms with Crippen LogP contribution >= 0.6 is 31.9 Å². The molecule has 0 radical (unpaired) electrons. The summed E-state index contributed by atoms with van der Waals surface area (Å²) in [6.45, 7) is 1.40. The molecule has 1 N–H and O–H groups in total. The van der Waals surface area contributed by atoms with Crippen molar-refractivity contribution in [3.05, 3.63) is 62.5 Å². The molecule has 0 fully saturated rings. The molecular formula is C16H12Br2N2O3. The fourth-order valence-corrected chi connectivity index (χ4v) is 3.01. The molecule has 0 saturated carbocycles. The van der Waals surface area contributed by atoms with Gasteiger partial charge in [-0.2, -0.15) is 5.01 Å². The maximum atomic E-state index is 11.9. The van der Waals surface area contributed by atoms with Crippen LogP contribution in [0.5, 0.6) is 5.75 Å². The summed E-state index contributed by atoms with van der Waals surface area (Å²) in [5.74, 6) is 0.0837. The Morgan fingerprint density at radius 1 is 1.22 bits per heavy atom. The molecule has 2 aromatic carbocycles. The summed E-state index contributed by atoms with van der Waals surface area (Å²) in [6, 6.07) is 12.4. The van der Waals surface area contributed by atoms with E-state index in [2.05, 4.69) is 37.0 Å². The number of phenols is 1. The third-order valence-corrected chi connectivity index (χ3v) is 4.28. The lowest BCUT2D eigenvalue weighted by molar-refractivity contribution is -0.135. The van der Waals surface area contributed by atoms with E-state index < -0.39 is 6.23 Å². The zero-order valence-electron chi connectivity index (χ0n) is 12.0. The highest BCUT2D eigenvalue weighted by molar-refractivity contribution is 9.10. The molecule has 1 aliphatic rings. The number of aromatic hydroxyl groups is 1. The van der Waals surface area contributed by atoms with Crippen molar-refractivity contribution in [3.63, 3.8) is 0 Å². The second-order valence-electron chi connectivity index (χ2n) is 4.95. The summed E-state index contributed by atoms with van der Waals surface area (Å²) < 4.78 is 7.50. The number of carbonyl (C=O) groups excluding carboxylic acids is 1. The molecule has 0 bridgehead atoms. The summed E-state index contributed by atoms with van der Waals surface area (Å²) in [5, 5.41) is 15.6. The molecular weight excluding hydrogens is 428 g/mol. The first kappa shape index (κ1) is 16.0. The second kappa shape index (κ2) is 6.33. The number of amides is 1. The second-order valence-corrected chi connectivity index (χ2v) is 6.78. The monoisotopic (exact) mass is 438 g/mol. The van der Waals surface area contributed by atoms with E-state index in [0.717, 1.165) is 14.5 Å². The smallest absolute Gasteiger partial charge is 0.243 e. The predicted molar refractivity (Wildman–Crippen MR) is 92.8 cm³/mol. The first-order valence-corrected chi connectivity index (χ1v) is 8.34. The summed E-state index contributed by atoms with van der Waals surface area (Å²) in [4.78, 5) is 11.9. The van der Waals surface area contributed by atoms with Crippen LogP contribution in [-0.2, 0) is 9.53 Å². The topological polar surface area (TPSA) is 62.1 Å². The van der Waals surface area contributed by atoms with Crippen LogP contribution in [0.2, 0.25) is 0 Å². The highest BCUT2D eigenvalue weighted by atomic mass is 79.9. The van der Waals surface area contributed by atoms with Crippen LogP contribution in [0.3, 0.4) is 0 Å². The Balaban J connectivity index is 2.00. The Bertz CT molecular complexity index is 808. The number of hydrogen-bond donors (Lipinski definition) is 1. The quantitative estimate of drug-likeness (QED) is 0.764. The highest BCUT2D eigenvalue weighted by Gasteiger charge is 2.34. The third-order valence-electron chi connectivity index (χ3n) is 3.29. The van der Waals surface area contributed by atoms with Crippen molar-refractivity contribution in [1.82, 2.24) is 5.01 Å². The Hall–Kier alpha value is -1.86. The SMILES string of the molecule is CC(=O)N1N=C(c2cccc(Br)c2)O[C@H]1c1cc(Br)ccc1O. The van der Waals surface area contributed by atoms with Gasteiger partial charge in [0.2, 0.25) is 18.0 Å². The van der Waals surface area contributed by atoms with Crippen LogP contribution < -0.4 is 0 Å². The number of halogens is 2.